The first-order valence-electron chi connectivity index (χ1n) is 6.83. The number of hydrogen-bond donors (Lipinski definition) is 3. The molecule has 1 aliphatic heterocycles. The molecule has 1 saturated heterocycles. The Morgan fingerprint density at radius 1 is 1.29 bits per heavy atom. The Morgan fingerprint density at radius 3 is 2.62 bits per heavy atom. The van der Waals surface area contributed by atoms with Gasteiger partial charge in [-0.1, -0.05) is 24.3 Å². The van der Waals surface area contributed by atoms with Crippen molar-refractivity contribution in [3.63, 3.8) is 0 Å². The molecular weight excluding hydrogens is 270 g/mol. The number of likely N-dealkylation sites (tertiary alicyclic amines) is 1. The molecule has 1 amide bonds. The predicted octanol–water partition coefficient (Wildman–Crippen LogP) is 0.454. The number of aliphatic hydroxyl groups excluding tert-OH is 2. The zero-order valence-corrected chi connectivity index (χ0v) is 11.7. The van der Waals surface area contributed by atoms with Gasteiger partial charge in [-0.15, -0.1) is 0 Å². The van der Waals surface area contributed by atoms with Gasteiger partial charge >= 0.3 is 0 Å². The van der Waals surface area contributed by atoms with Crippen LogP contribution in [-0.2, 0) is 0 Å². The summed E-state index contributed by atoms with van der Waals surface area (Å²) in [6, 6.07) is 9.41. The number of aromatic nitrogens is 1. The van der Waals surface area contributed by atoms with Gasteiger partial charge in [0.1, 0.15) is 11.5 Å². The number of amides is 1. The molecular formula is C15H17N3O3. The van der Waals surface area contributed by atoms with Crippen molar-refractivity contribution in [3.8, 4) is 0 Å². The van der Waals surface area contributed by atoms with Gasteiger partial charge in [-0.2, -0.15) is 0 Å². The number of anilines is 1. The topological polar surface area (TPSA) is 85.7 Å². The molecule has 1 aromatic carbocycles. The summed E-state index contributed by atoms with van der Waals surface area (Å²) in [5.41, 5.74) is 0.305. The van der Waals surface area contributed by atoms with Crippen LogP contribution in [0.25, 0.3) is 10.8 Å². The maximum absolute atomic E-state index is 12.5. The third-order valence-electron chi connectivity index (χ3n) is 3.74. The van der Waals surface area contributed by atoms with E-state index in [0.29, 0.717) is 11.5 Å². The Bertz CT molecular complexity index is 679. The highest BCUT2D eigenvalue weighted by Crippen LogP contribution is 2.23. The van der Waals surface area contributed by atoms with Crippen molar-refractivity contribution < 1.29 is 15.0 Å². The summed E-state index contributed by atoms with van der Waals surface area (Å²) in [4.78, 5) is 18.2. The van der Waals surface area contributed by atoms with E-state index >= 15 is 0 Å². The number of rotatable bonds is 2. The molecule has 1 fully saturated rings. The molecule has 2 aromatic rings. The Hall–Kier alpha value is -2.18. The number of β-amino-alcohol motifs (C(OH)–C–C–N with tert-alkyl or cyclic N) is 2. The van der Waals surface area contributed by atoms with E-state index in [1.165, 1.54) is 4.90 Å². The largest absolute Gasteiger partial charge is 0.388 e. The van der Waals surface area contributed by atoms with Crippen molar-refractivity contribution in [2.75, 3.05) is 25.5 Å². The van der Waals surface area contributed by atoms with Crippen molar-refractivity contribution in [1.29, 1.82) is 0 Å². The molecule has 2 unspecified atom stereocenters. The summed E-state index contributed by atoms with van der Waals surface area (Å²) < 4.78 is 0. The molecule has 2 heterocycles. The summed E-state index contributed by atoms with van der Waals surface area (Å²) in [5.74, 6) is 0.351. The SMILES string of the molecule is CNc1nc(C(=O)N2CC(O)C(O)C2)cc2ccccc12. The van der Waals surface area contributed by atoms with E-state index in [1.54, 1.807) is 13.1 Å². The van der Waals surface area contributed by atoms with E-state index in [2.05, 4.69) is 10.3 Å². The summed E-state index contributed by atoms with van der Waals surface area (Å²) in [6.07, 6.45) is -1.78. The molecule has 0 spiro atoms. The molecule has 1 aromatic heterocycles. The normalized spacial score (nSPS) is 21.8. The molecule has 0 bridgehead atoms. The first kappa shape index (κ1) is 13.8. The standard InChI is InChI=1S/C15H17N3O3/c1-16-14-10-5-3-2-4-9(10)6-11(17-14)15(21)18-7-12(19)13(20)8-18/h2-6,12-13,19-20H,7-8H2,1H3,(H,16,17). The van der Waals surface area contributed by atoms with Crippen LogP contribution < -0.4 is 5.32 Å². The average Bonchev–Trinajstić information content (AvgIpc) is 2.84. The van der Waals surface area contributed by atoms with Gasteiger partial charge in [0.2, 0.25) is 0 Å². The zero-order chi connectivity index (χ0) is 15.0. The van der Waals surface area contributed by atoms with Gasteiger partial charge in [-0.25, -0.2) is 4.98 Å². The minimum absolute atomic E-state index is 0.128. The Morgan fingerprint density at radius 2 is 1.95 bits per heavy atom. The predicted molar refractivity (Wildman–Crippen MR) is 79.2 cm³/mol. The average molecular weight is 287 g/mol. The smallest absolute Gasteiger partial charge is 0.272 e. The van der Waals surface area contributed by atoms with Gasteiger partial charge in [0.15, 0.2) is 0 Å². The van der Waals surface area contributed by atoms with E-state index in [1.807, 2.05) is 24.3 Å². The number of aliphatic hydroxyl groups is 2. The first-order valence-corrected chi connectivity index (χ1v) is 6.83. The van der Waals surface area contributed by atoms with Crippen LogP contribution in [-0.4, -0.2) is 58.3 Å². The van der Waals surface area contributed by atoms with Crippen molar-refractivity contribution in [3.05, 3.63) is 36.0 Å². The molecule has 1 aliphatic rings. The quantitative estimate of drug-likeness (QED) is 0.747. The lowest BCUT2D eigenvalue weighted by atomic mass is 10.1. The maximum atomic E-state index is 12.5. The maximum Gasteiger partial charge on any atom is 0.272 e. The fourth-order valence-electron chi connectivity index (χ4n) is 2.60. The van der Waals surface area contributed by atoms with E-state index in [0.717, 1.165) is 10.8 Å². The van der Waals surface area contributed by atoms with Crippen molar-refractivity contribution in [2.45, 2.75) is 12.2 Å². The summed E-state index contributed by atoms with van der Waals surface area (Å²) >= 11 is 0. The molecule has 3 N–H and O–H groups in total. The van der Waals surface area contributed by atoms with E-state index in [-0.39, 0.29) is 19.0 Å². The highest BCUT2D eigenvalue weighted by molar-refractivity contribution is 6.00. The zero-order valence-electron chi connectivity index (χ0n) is 11.7. The van der Waals surface area contributed by atoms with E-state index < -0.39 is 12.2 Å². The van der Waals surface area contributed by atoms with E-state index in [4.69, 9.17) is 0 Å². The third kappa shape index (κ3) is 2.43. The number of nitrogens with zero attached hydrogens (tertiary/aromatic N) is 2. The lowest BCUT2D eigenvalue weighted by Gasteiger charge is -2.16. The van der Waals surface area contributed by atoms with Crippen molar-refractivity contribution >= 4 is 22.5 Å². The van der Waals surface area contributed by atoms with Crippen molar-refractivity contribution in [2.24, 2.45) is 0 Å². The summed E-state index contributed by atoms with van der Waals surface area (Å²) in [5, 5.41) is 24.0. The molecule has 6 nitrogen and oxygen atoms in total. The number of nitrogens with one attached hydrogen (secondary N) is 1. The lowest BCUT2D eigenvalue weighted by Crippen LogP contribution is -2.30. The molecule has 21 heavy (non-hydrogen) atoms. The molecule has 0 radical (unpaired) electrons. The second-order valence-corrected chi connectivity index (χ2v) is 5.17. The minimum atomic E-state index is -0.891. The first-order chi connectivity index (χ1) is 10.1. The molecule has 2 atom stereocenters. The van der Waals surface area contributed by atoms with Gasteiger partial charge in [0.25, 0.3) is 5.91 Å². The van der Waals surface area contributed by atoms with Crippen LogP contribution >= 0.6 is 0 Å². The van der Waals surface area contributed by atoms with Crippen LogP contribution in [0.5, 0.6) is 0 Å². The Labute approximate surface area is 122 Å². The Balaban J connectivity index is 1.99. The number of benzene rings is 1. The van der Waals surface area contributed by atoms with Crippen LogP contribution in [0.15, 0.2) is 30.3 Å². The van der Waals surface area contributed by atoms with Crippen LogP contribution in [0.4, 0.5) is 5.82 Å². The number of pyridine rings is 1. The number of hydrogen-bond acceptors (Lipinski definition) is 5. The van der Waals surface area contributed by atoms with Gasteiger partial charge in [-0.3, -0.25) is 4.79 Å². The lowest BCUT2D eigenvalue weighted by molar-refractivity contribution is 0.0572. The number of carbonyl (C=O) groups excluding carboxylic acids is 1. The monoisotopic (exact) mass is 287 g/mol. The van der Waals surface area contributed by atoms with Crippen LogP contribution in [0, 0.1) is 0 Å². The molecule has 0 aliphatic carbocycles. The summed E-state index contributed by atoms with van der Waals surface area (Å²) in [6.45, 7) is 0.257. The molecule has 110 valence electrons. The Kier molecular flexibility index (Phi) is 3.48. The molecule has 3 rings (SSSR count). The fraction of sp³-hybridized carbons (Fsp3) is 0.333. The van der Waals surface area contributed by atoms with Crippen molar-refractivity contribution in [1.82, 2.24) is 9.88 Å². The number of carbonyl (C=O) groups is 1. The molecule has 0 saturated carbocycles. The second-order valence-electron chi connectivity index (χ2n) is 5.17. The van der Waals surface area contributed by atoms with E-state index in [9.17, 15) is 15.0 Å². The molecule has 6 heteroatoms. The highest BCUT2D eigenvalue weighted by Gasteiger charge is 2.33. The van der Waals surface area contributed by atoms with Gasteiger partial charge in [0, 0.05) is 25.5 Å². The van der Waals surface area contributed by atoms with Crippen LogP contribution in [0.3, 0.4) is 0 Å². The van der Waals surface area contributed by atoms with Crippen LogP contribution in [0.2, 0.25) is 0 Å². The summed E-state index contributed by atoms with van der Waals surface area (Å²) in [7, 11) is 1.76. The second kappa shape index (κ2) is 5.31. The fourth-order valence-corrected chi connectivity index (χ4v) is 2.60. The van der Waals surface area contributed by atoms with Crippen LogP contribution in [0.1, 0.15) is 10.5 Å². The van der Waals surface area contributed by atoms with Gasteiger partial charge in [0.05, 0.1) is 12.2 Å². The number of fused-ring (bicyclic) bond motifs is 1. The minimum Gasteiger partial charge on any atom is -0.388 e. The highest BCUT2D eigenvalue weighted by atomic mass is 16.3. The van der Waals surface area contributed by atoms with Gasteiger partial charge in [-0.05, 0) is 11.5 Å². The third-order valence-corrected chi connectivity index (χ3v) is 3.74. The van der Waals surface area contributed by atoms with Gasteiger partial charge < -0.3 is 20.4 Å².